The molecule has 0 amide bonds. The first-order chi connectivity index (χ1) is 5.02. The van der Waals surface area contributed by atoms with Crippen molar-refractivity contribution in [2.45, 2.75) is 38.4 Å². The van der Waals surface area contributed by atoms with Crippen LogP contribution < -0.4 is 0 Å². The Balaban J connectivity index is 3.60. The van der Waals surface area contributed by atoms with Crippen LogP contribution in [0.2, 0.25) is 0 Å². The summed E-state index contributed by atoms with van der Waals surface area (Å²) in [7, 11) is 1.62. The van der Waals surface area contributed by atoms with Crippen LogP contribution >= 0.6 is 0 Å². The lowest BCUT2D eigenvalue weighted by molar-refractivity contribution is -0.115. The molecule has 3 nitrogen and oxygen atoms in total. The maximum Gasteiger partial charge on any atom is 0.148 e. The zero-order valence-corrected chi connectivity index (χ0v) is 7.33. The molecule has 0 spiro atoms. The van der Waals surface area contributed by atoms with Crippen molar-refractivity contribution in [3.05, 3.63) is 0 Å². The third-order valence-electron chi connectivity index (χ3n) is 1.75. The average Bonchev–Trinajstić information content (AvgIpc) is 2.00. The third kappa shape index (κ3) is 4.93. The molecule has 0 aliphatic carbocycles. The summed E-state index contributed by atoms with van der Waals surface area (Å²) >= 11 is 0. The molecule has 0 fully saturated rings. The van der Waals surface area contributed by atoms with Gasteiger partial charge >= 0.3 is 0 Å². The summed E-state index contributed by atoms with van der Waals surface area (Å²) in [5.41, 5.74) is -0.246. The van der Waals surface area contributed by atoms with Gasteiger partial charge in [0.15, 0.2) is 0 Å². The Hall–Kier alpha value is -0.410. The summed E-state index contributed by atoms with van der Waals surface area (Å²) < 4.78 is 5.11. The van der Waals surface area contributed by atoms with Gasteiger partial charge in [-0.05, 0) is 26.7 Å². The van der Waals surface area contributed by atoms with Gasteiger partial charge in [-0.15, -0.1) is 0 Å². The average molecular weight is 160 g/mol. The highest BCUT2D eigenvalue weighted by molar-refractivity contribution is 5.55. The minimum atomic E-state index is -0.843. The molecule has 0 rings (SSSR count). The van der Waals surface area contributed by atoms with E-state index in [0.29, 0.717) is 19.1 Å². The fourth-order valence-corrected chi connectivity index (χ4v) is 0.666. The second-order valence-corrected chi connectivity index (χ2v) is 3.21. The summed E-state index contributed by atoms with van der Waals surface area (Å²) in [5, 5.41) is 8.89. The van der Waals surface area contributed by atoms with Crippen molar-refractivity contribution in [1.29, 1.82) is 0 Å². The lowest BCUT2D eigenvalue weighted by Crippen LogP contribution is -2.24. The summed E-state index contributed by atoms with van der Waals surface area (Å²) in [4.78, 5) is 10.0. The van der Waals surface area contributed by atoms with Crippen molar-refractivity contribution in [3.8, 4) is 0 Å². The van der Waals surface area contributed by atoms with Crippen molar-refractivity contribution in [2.24, 2.45) is 0 Å². The van der Waals surface area contributed by atoms with Crippen LogP contribution in [0.4, 0.5) is 0 Å². The molecule has 0 aliphatic rings. The quantitative estimate of drug-likeness (QED) is 0.604. The maximum atomic E-state index is 10.0. The molecular weight excluding hydrogens is 144 g/mol. The molecule has 0 bridgehead atoms. The first kappa shape index (κ1) is 10.6. The highest BCUT2D eigenvalue weighted by atomic mass is 16.5. The molecule has 0 aromatic heterocycles. The Kier molecular flexibility index (Phi) is 4.30. The van der Waals surface area contributed by atoms with Crippen molar-refractivity contribution in [2.75, 3.05) is 7.11 Å². The fourth-order valence-electron chi connectivity index (χ4n) is 0.666. The Morgan fingerprint density at radius 1 is 1.64 bits per heavy atom. The first-order valence-electron chi connectivity index (χ1n) is 3.70. The van der Waals surface area contributed by atoms with Gasteiger partial charge in [-0.1, -0.05) is 0 Å². The number of rotatable bonds is 5. The number of aliphatic hydroxyl groups is 1. The molecule has 0 saturated heterocycles. The lowest BCUT2D eigenvalue weighted by atomic mass is 10.0. The smallest absolute Gasteiger partial charge is 0.148 e. The normalized spacial score (nSPS) is 14.5. The SMILES string of the molecule is COC(C)(C)CCC(O)C=O. The van der Waals surface area contributed by atoms with E-state index in [0.717, 1.165) is 0 Å². The van der Waals surface area contributed by atoms with Crippen molar-refractivity contribution < 1.29 is 14.6 Å². The van der Waals surface area contributed by atoms with Gasteiger partial charge in [-0.3, -0.25) is 0 Å². The van der Waals surface area contributed by atoms with E-state index in [1.807, 2.05) is 13.8 Å². The van der Waals surface area contributed by atoms with E-state index in [1.165, 1.54) is 0 Å². The van der Waals surface area contributed by atoms with Gasteiger partial charge in [0.05, 0.1) is 5.60 Å². The van der Waals surface area contributed by atoms with Crippen molar-refractivity contribution in [3.63, 3.8) is 0 Å². The van der Waals surface area contributed by atoms with Crippen LogP contribution in [0.1, 0.15) is 26.7 Å². The molecule has 0 aromatic carbocycles. The predicted octanol–water partition coefficient (Wildman–Crippen LogP) is 0.751. The van der Waals surface area contributed by atoms with Gasteiger partial charge in [0.25, 0.3) is 0 Å². The standard InChI is InChI=1S/C8H16O3/c1-8(2,11-3)5-4-7(10)6-9/h6-7,10H,4-5H2,1-3H3. The van der Waals surface area contributed by atoms with Crippen LogP contribution in [0.5, 0.6) is 0 Å². The van der Waals surface area contributed by atoms with E-state index < -0.39 is 6.10 Å². The number of aldehydes is 1. The topological polar surface area (TPSA) is 46.5 Å². The van der Waals surface area contributed by atoms with Crippen LogP contribution in [0.15, 0.2) is 0 Å². The molecule has 0 heterocycles. The Bertz CT molecular complexity index is 121. The van der Waals surface area contributed by atoms with E-state index in [4.69, 9.17) is 9.84 Å². The third-order valence-corrected chi connectivity index (χ3v) is 1.75. The Morgan fingerprint density at radius 2 is 2.18 bits per heavy atom. The largest absolute Gasteiger partial charge is 0.386 e. The van der Waals surface area contributed by atoms with Gasteiger partial charge in [0, 0.05) is 7.11 Å². The molecule has 11 heavy (non-hydrogen) atoms. The van der Waals surface area contributed by atoms with E-state index in [-0.39, 0.29) is 5.60 Å². The minimum Gasteiger partial charge on any atom is -0.386 e. The van der Waals surface area contributed by atoms with Crippen molar-refractivity contribution in [1.82, 2.24) is 0 Å². The summed E-state index contributed by atoms with van der Waals surface area (Å²) in [5.74, 6) is 0. The van der Waals surface area contributed by atoms with E-state index in [9.17, 15) is 4.79 Å². The van der Waals surface area contributed by atoms with Crippen molar-refractivity contribution >= 4 is 6.29 Å². The summed E-state index contributed by atoms with van der Waals surface area (Å²) in [6, 6.07) is 0. The molecule has 0 saturated carbocycles. The molecule has 0 aliphatic heterocycles. The summed E-state index contributed by atoms with van der Waals surface area (Å²) in [6.45, 7) is 3.84. The Labute approximate surface area is 67.4 Å². The van der Waals surface area contributed by atoms with Crippen LogP contribution in [-0.4, -0.2) is 30.2 Å². The van der Waals surface area contributed by atoms with Crippen LogP contribution in [-0.2, 0) is 9.53 Å². The first-order valence-corrected chi connectivity index (χ1v) is 3.70. The number of hydrogen-bond acceptors (Lipinski definition) is 3. The van der Waals surface area contributed by atoms with Gasteiger partial charge in [-0.25, -0.2) is 0 Å². The minimum absolute atomic E-state index is 0.246. The van der Waals surface area contributed by atoms with Gasteiger partial charge in [0.1, 0.15) is 12.4 Å². The number of hydrogen-bond donors (Lipinski definition) is 1. The number of carbonyl (C=O) groups excluding carboxylic acids is 1. The second-order valence-electron chi connectivity index (χ2n) is 3.21. The van der Waals surface area contributed by atoms with Crippen LogP contribution in [0.3, 0.4) is 0 Å². The number of carbonyl (C=O) groups is 1. The number of aliphatic hydroxyl groups excluding tert-OH is 1. The number of methoxy groups -OCH3 is 1. The monoisotopic (exact) mass is 160 g/mol. The molecule has 1 atom stereocenters. The lowest BCUT2D eigenvalue weighted by Gasteiger charge is -2.22. The molecule has 3 heteroatoms. The molecule has 0 radical (unpaired) electrons. The zero-order valence-electron chi connectivity index (χ0n) is 7.33. The zero-order chi connectivity index (χ0) is 8.91. The highest BCUT2D eigenvalue weighted by Crippen LogP contribution is 2.15. The van der Waals surface area contributed by atoms with E-state index in [2.05, 4.69) is 0 Å². The van der Waals surface area contributed by atoms with Crippen LogP contribution in [0, 0.1) is 0 Å². The van der Waals surface area contributed by atoms with Crippen LogP contribution in [0.25, 0.3) is 0 Å². The second kappa shape index (κ2) is 4.46. The Morgan fingerprint density at radius 3 is 2.55 bits per heavy atom. The molecule has 1 N–H and O–H groups in total. The molecule has 0 aromatic rings. The number of ether oxygens (including phenoxy) is 1. The van der Waals surface area contributed by atoms with Gasteiger partial charge in [-0.2, -0.15) is 0 Å². The predicted molar refractivity (Wildman–Crippen MR) is 42.4 cm³/mol. The fraction of sp³-hybridized carbons (Fsp3) is 0.875. The van der Waals surface area contributed by atoms with E-state index in [1.54, 1.807) is 7.11 Å². The molecule has 1 unspecified atom stereocenters. The van der Waals surface area contributed by atoms with Gasteiger partial charge < -0.3 is 14.6 Å². The maximum absolute atomic E-state index is 10.0. The molecule has 66 valence electrons. The van der Waals surface area contributed by atoms with E-state index >= 15 is 0 Å². The summed E-state index contributed by atoms with van der Waals surface area (Å²) in [6.07, 6.45) is 0.851. The highest BCUT2D eigenvalue weighted by Gasteiger charge is 2.17. The molecular formula is C8H16O3. The van der Waals surface area contributed by atoms with Gasteiger partial charge in [0.2, 0.25) is 0 Å².